The first kappa shape index (κ1) is 31.7. The van der Waals surface area contributed by atoms with Crippen LogP contribution in [-0.2, 0) is 35.0 Å². The Balaban J connectivity index is 1.17. The molecule has 4 rings (SSSR count). The van der Waals surface area contributed by atoms with Crippen molar-refractivity contribution in [3.05, 3.63) is 106 Å². The van der Waals surface area contributed by atoms with Gasteiger partial charge in [0.2, 0.25) is 11.8 Å². The molecule has 228 valence electrons. The molecule has 0 atom stereocenters. The molecule has 0 unspecified atom stereocenters. The first-order chi connectivity index (χ1) is 20.3. The van der Waals surface area contributed by atoms with Gasteiger partial charge in [-0.25, -0.2) is 9.97 Å². The Morgan fingerprint density at radius 2 is 1.02 bits per heavy atom. The third-order valence-electron chi connectivity index (χ3n) is 5.78. The molecule has 4 aromatic rings. The Kier molecular flexibility index (Phi) is 9.89. The molecule has 2 aromatic heterocycles. The lowest BCUT2D eigenvalue weighted by Gasteiger charge is -2.22. The van der Waals surface area contributed by atoms with E-state index in [1.807, 2.05) is 0 Å². The average Bonchev–Trinajstić information content (AvgIpc) is 3.59. The Morgan fingerprint density at radius 3 is 1.37 bits per heavy atom. The van der Waals surface area contributed by atoms with Gasteiger partial charge in [-0.3, -0.25) is 0 Å². The molecular formula is C30H26F6N2O5. The van der Waals surface area contributed by atoms with Crippen LogP contribution in [0.15, 0.2) is 69.9 Å². The standard InChI is InChI=1S/C30H26F6N2O5/c1-28(39,18-40-14-24-16-42-26(37-24)12-6-20-2-8-22(9-3-20)29(31,32)33)19-41-15-25-17-43-27(38-25)13-7-21-4-10-23(11-5-21)30(34,35)36/h2-13,16-17,39H,14-15,18-19H2,1H3/b12-6+,13-7+. The predicted molar refractivity (Wildman–Crippen MR) is 144 cm³/mol. The zero-order valence-corrected chi connectivity index (χ0v) is 22.7. The van der Waals surface area contributed by atoms with Gasteiger partial charge in [0.15, 0.2) is 0 Å². The summed E-state index contributed by atoms with van der Waals surface area (Å²) in [4.78, 5) is 8.43. The number of oxazole rings is 2. The van der Waals surface area contributed by atoms with E-state index in [4.69, 9.17) is 18.3 Å². The van der Waals surface area contributed by atoms with Crippen LogP contribution < -0.4 is 0 Å². The molecule has 0 saturated carbocycles. The molecule has 2 heterocycles. The molecule has 2 aromatic carbocycles. The zero-order valence-electron chi connectivity index (χ0n) is 22.7. The van der Waals surface area contributed by atoms with E-state index in [2.05, 4.69) is 9.97 Å². The topological polar surface area (TPSA) is 90.8 Å². The summed E-state index contributed by atoms with van der Waals surface area (Å²) in [6.07, 6.45) is 0.0725. The highest BCUT2D eigenvalue weighted by Crippen LogP contribution is 2.30. The number of nitrogens with zero attached hydrogens (tertiary/aromatic N) is 2. The molecule has 0 spiro atoms. The molecule has 7 nitrogen and oxygen atoms in total. The number of rotatable bonds is 12. The second kappa shape index (κ2) is 13.4. The van der Waals surface area contributed by atoms with E-state index in [1.165, 1.54) is 55.9 Å². The highest BCUT2D eigenvalue weighted by molar-refractivity contribution is 5.66. The third-order valence-corrected chi connectivity index (χ3v) is 5.78. The first-order valence-electron chi connectivity index (χ1n) is 12.7. The number of benzene rings is 2. The van der Waals surface area contributed by atoms with Gasteiger partial charge in [0.05, 0.1) is 37.6 Å². The lowest BCUT2D eigenvalue weighted by atomic mass is 10.1. The van der Waals surface area contributed by atoms with Crippen molar-refractivity contribution in [3.8, 4) is 0 Å². The number of alkyl halides is 6. The van der Waals surface area contributed by atoms with Gasteiger partial charge >= 0.3 is 12.4 Å². The van der Waals surface area contributed by atoms with Crippen molar-refractivity contribution >= 4 is 24.3 Å². The van der Waals surface area contributed by atoms with Gasteiger partial charge in [0.25, 0.3) is 0 Å². The molecule has 0 aliphatic rings. The van der Waals surface area contributed by atoms with E-state index < -0.39 is 29.1 Å². The SMILES string of the molecule is CC(O)(COCc1coc(/C=C/c2ccc(C(F)(F)F)cc2)n1)COCc1coc(/C=C/c2ccc(C(F)(F)F)cc2)n1. The van der Waals surface area contributed by atoms with Crippen LogP contribution in [0.1, 0.15) is 52.3 Å². The van der Waals surface area contributed by atoms with Crippen LogP contribution in [0.3, 0.4) is 0 Å². The maximum Gasteiger partial charge on any atom is 0.416 e. The molecule has 0 aliphatic heterocycles. The van der Waals surface area contributed by atoms with Crippen LogP contribution in [0.4, 0.5) is 26.3 Å². The van der Waals surface area contributed by atoms with Crippen LogP contribution in [0, 0.1) is 0 Å². The van der Waals surface area contributed by atoms with Crippen molar-refractivity contribution in [2.75, 3.05) is 13.2 Å². The monoisotopic (exact) mass is 608 g/mol. The first-order valence-corrected chi connectivity index (χ1v) is 12.7. The maximum absolute atomic E-state index is 12.7. The van der Waals surface area contributed by atoms with Gasteiger partial charge < -0.3 is 23.4 Å². The molecule has 13 heteroatoms. The van der Waals surface area contributed by atoms with Crippen molar-refractivity contribution in [2.45, 2.75) is 38.1 Å². The number of hydrogen-bond donors (Lipinski definition) is 1. The fraction of sp³-hybridized carbons (Fsp3) is 0.267. The van der Waals surface area contributed by atoms with Crippen molar-refractivity contribution in [3.63, 3.8) is 0 Å². The Labute approximate surface area is 242 Å². The predicted octanol–water partition coefficient (Wildman–Crippen LogP) is 7.53. The summed E-state index contributed by atoms with van der Waals surface area (Å²) in [5.41, 5.74) is -0.846. The summed E-state index contributed by atoms with van der Waals surface area (Å²) in [6.45, 7) is 1.42. The van der Waals surface area contributed by atoms with Crippen LogP contribution in [0.25, 0.3) is 24.3 Å². The fourth-order valence-electron chi connectivity index (χ4n) is 3.63. The van der Waals surface area contributed by atoms with Gasteiger partial charge in [0.1, 0.15) is 29.5 Å². The fourth-order valence-corrected chi connectivity index (χ4v) is 3.63. The van der Waals surface area contributed by atoms with Gasteiger partial charge in [-0.15, -0.1) is 0 Å². The molecule has 0 bridgehead atoms. The summed E-state index contributed by atoms with van der Waals surface area (Å²) in [5, 5.41) is 10.5. The number of hydrogen-bond acceptors (Lipinski definition) is 7. The van der Waals surface area contributed by atoms with E-state index in [0.29, 0.717) is 22.5 Å². The second-order valence-corrected chi connectivity index (χ2v) is 9.74. The Hall–Kier alpha value is -4.20. The zero-order chi connectivity index (χ0) is 31.1. The van der Waals surface area contributed by atoms with E-state index in [-0.39, 0.29) is 38.2 Å². The number of aromatic nitrogens is 2. The molecule has 0 aliphatic carbocycles. The van der Waals surface area contributed by atoms with Gasteiger partial charge in [-0.2, -0.15) is 26.3 Å². The average molecular weight is 609 g/mol. The quantitative estimate of drug-likeness (QED) is 0.166. The normalized spacial score (nSPS) is 13.0. The highest BCUT2D eigenvalue weighted by atomic mass is 19.4. The van der Waals surface area contributed by atoms with Gasteiger partial charge in [-0.05, 0) is 54.5 Å². The van der Waals surface area contributed by atoms with Gasteiger partial charge in [-0.1, -0.05) is 24.3 Å². The lowest BCUT2D eigenvalue weighted by Crippen LogP contribution is -2.36. The lowest BCUT2D eigenvalue weighted by molar-refractivity contribution is -0.138. The minimum Gasteiger partial charge on any atom is -0.445 e. The summed E-state index contributed by atoms with van der Waals surface area (Å²) >= 11 is 0. The van der Waals surface area contributed by atoms with Crippen LogP contribution in [0.5, 0.6) is 0 Å². The van der Waals surface area contributed by atoms with Crippen LogP contribution in [-0.4, -0.2) is 33.9 Å². The smallest absolute Gasteiger partial charge is 0.416 e. The van der Waals surface area contributed by atoms with E-state index in [9.17, 15) is 31.4 Å². The van der Waals surface area contributed by atoms with E-state index in [1.54, 1.807) is 12.2 Å². The summed E-state index contributed by atoms with van der Waals surface area (Å²) < 4.78 is 97.7. The molecule has 0 amide bonds. The maximum atomic E-state index is 12.7. The van der Waals surface area contributed by atoms with E-state index in [0.717, 1.165) is 24.3 Å². The number of halogens is 6. The summed E-state index contributed by atoms with van der Waals surface area (Å²) in [5.74, 6) is 0.463. The van der Waals surface area contributed by atoms with Gasteiger partial charge in [0, 0.05) is 12.2 Å². The van der Waals surface area contributed by atoms with Crippen molar-refractivity contribution in [1.82, 2.24) is 9.97 Å². The minimum absolute atomic E-state index is 0.0334. The van der Waals surface area contributed by atoms with Crippen LogP contribution in [0.2, 0.25) is 0 Å². The number of ether oxygens (including phenoxy) is 2. The molecule has 43 heavy (non-hydrogen) atoms. The Bertz CT molecular complexity index is 1400. The third kappa shape index (κ3) is 9.94. The van der Waals surface area contributed by atoms with Crippen LogP contribution >= 0.6 is 0 Å². The molecule has 0 fully saturated rings. The largest absolute Gasteiger partial charge is 0.445 e. The molecule has 0 radical (unpaired) electrons. The molecule has 0 saturated heterocycles. The second-order valence-electron chi connectivity index (χ2n) is 9.74. The highest BCUT2D eigenvalue weighted by Gasteiger charge is 2.30. The van der Waals surface area contributed by atoms with Crippen molar-refractivity contribution < 1.29 is 49.8 Å². The summed E-state index contributed by atoms with van der Waals surface area (Å²) in [6, 6.07) is 9.29. The Morgan fingerprint density at radius 1 is 0.651 bits per heavy atom. The van der Waals surface area contributed by atoms with Crippen molar-refractivity contribution in [1.29, 1.82) is 0 Å². The molecule has 1 N–H and O–H groups in total. The molecular weight excluding hydrogens is 582 g/mol. The number of aliphatic hydroxyl groups is 1. The summed E-state index contributed by atoms with van der Waals surface area (Å²) in [7, 11) is 0. The van der Waals surface area contributed by atoms with Crippen molar-refractivity contribution in [2.24, 2.45) is 0 Å². The van der Waals surface area contributed by atoms with E-state index >= 15 is 0 Å². The minimum atomic E-state index is -4.40.